The molecule has 3 aromatic rings. The van der Waals surface area contributed by atoms with Crippen molar-refractivity contribution in [1.29, 1.82) is 0 Å². The second kappa shape index (κ2) is 8.34. The van der Waals surface area contributed by atoms with Crippen molar-refractivity contribution in [3.05, 3.63) is 76.8 Å². The minimum Gasteiger partial charge on any atom is -0.323 e. The predicted octanol–water partition coefficient (Wildman–Crippen LogP) is 4.25. The van der Waals surface area contributed by atoms with Crippen molar-refractivity contribution >= 4 is 55.8 Å². The van der Waals surface area contributed by atoms with Crippen LogP contribution in [0.25, 0.3) is 6.08 Å². The molecule has 27 heavy (non-hydrogen) atoms. The van der Waals surface area contributed by atoms with Crippen molar-refractivity contribution in [3.8, 4) is 0 Å². The summed E-state index contributed by atoms with van der Waals surface area (Å²) in [6.07, 6.45) is 4.47. The standard InChI is InChI=1S/C18H14ClN3O3S2/c19-16-4-2-1-3-13(16)5-10-17(23)21-14-6-8-15(9-7-14)27(24,25)22-18-20-11-12-26-18/h1-12H,(H,20,22)(H,21,23). The summed E-state index contributed by atoms with van der Waals surface area (Å²) in [6.45, 7) is 0. The van der Waals surface area contributed by atoms with Gasteiger partial charge in [0.2, 0.25) is 5.91 Å². The Hall–Kier alpha value is -2.68. The molecule has 1 amide bonds. The lowest BCUT2D eigenvalue weighted by molar-refractivity contribution is -0.111. The Morgan fingerprint density at radius 3 is 2.52 bits per heavy atom. The number of anilines is 2. The van der Waals surface area contributed by atoms with Crippen molar-refractivity contribution in [1.82, 2.24) is 4.98 Å². The smallest absolute Gasteiger partial charge is 0.263 e. The summed E-state index contributed by atoms with van der Waals surface area (Å²) < 4.78 is 26.9. The number of nitrogens with one attached hydrogen (secondary N) is 2. The average molecular weight is 420 g/mol. The van der Waals surface area contributed by atoms with Gasteiger partial charge >= 0.3 is 0 Å². The first kappa shape index (κ1) is 19.1. The molecule has 0 radical (unpaired) electrons. The number of rotatable bonds is 6. The fourth-order valence-electron chi connectivity index (χ4n) is 2.12. The third-order valence-corrected chi connectivity index (χ3v) is 5.92. The highest BCUT2D eigenvalue weighted by Crippen LogP contribution is 2.20. The highest BCUT2D eigenvalue weighted by atomic mass is 35.5. The molecule has 2 aromatic carbocycles. The fourth-order valence-corrected chi connectivity index (χ4v) is 4.11. The van der Waals surface area contributed by atoms with Crippen LogP contribution in [0.15, 0.2) is 71.1 Å². The van der Waals surface area contributed by atoms with Gasteiger partial charge in [0.25, 0.3) is 10.0 Å². The molecule has 0 bridgehead atoms. The summed E-state index contributed by atoms with van der Waals surface area (Å²) in [6, 6.07) is 13.0. The van der Waals surface area contributed by atoms with E-state index < -0.39 is 10.0 Å². The number of sulfonamides is 1. The number of aromatic nitrogens is 1. The van der Waals surface area contributed by atoms with Crippen LogP contribution in [0.1, 0.15) is 5.56 Å². The number of nitrogens with zero attached hydrogens (tertiary/aromatic N) is 1. The van der Waals surface area contributed by atoms with Gasteiger partial charge in [-0.05, 0) is 42.0 Å². The van der Waals surface area contributed by atoms with Gasteiger partial charge in [0.15, 0.2) is 5.13 Å². The van der Waals surface area contributed by atoms with Crippen LogP contribution in [0.2, 0.25) is 5.02 Å². The number of halogens is 1. The quantitative estimate of drug-likeness (QED) is 0.584. The van der Waals surface area contributed by atoms with E-state index in [1.54, 1.807) is 29.7 Å². The number of benzene rings is 2. The number of thiazole rings is 1. The van der Waals surface area contributed by atoms with Gasteiger partial charge in [0, 0.05) is 28.4 Å². The Balaban J connectivity index is 1.65. The van der Waals surface area contributed by atoms with Crippen molar-refractivity contribution in [2.45, 2.75) is 4.90 Å². The lowest BCUT2D eigenvalue weighted by Crippen LogP contribution is -2.13. The zero-order valence-electron chi connectivity index (χ0n) is 13.8. The van der Waals surface area contributed by atoms with Crippen LogP contribution in [-0.2, 0) is 14.8 Å². The van der Waals surface area contributed by atoms with Gasteiger partial charge in [0.05, 0.1) is 4.90 Å². The van der Waals surface area contributed by atoms with E-state index in [0.717, 1.165) is 5.56 Å². The van der Waals surface area contributed by atoms with Crippen LogP contribution >= 0.6 is 22.9 Å². The SMILES string of the molecule is O=C(C=Cc1ccccc1Cl)Nc1ccc(S(=O)(=O)Nc2nccs2)cc1. The first-order valence-electron chi connectivity index (χ1n) is 7.70. The number of carbonyl (C=O) groups excluding carboxylic acids is 1. The average Bonchev–Trinajstić information content (AvgIpc) is 3.14. The van der Waals surface area contributed by atoms with Crippen LogP contribution in [0.5, 0.6) is 0 Å². The highest BCUT2D eigenvalue weighted by Gasteiger charge is 2.15. The number of carbonyl (C=O) groups is 1. The molecule has 0 saturated heterocycles. The first-order chi connectivity index (χ1) is 12.9. The van der Waals surface area contributed by atoms with E-state index in [9.17, 15) is 13.2 Å². The molecule has 1 aromatic heterocycles. The minimum atomic E-state index is -3.72. The van der Waals surface area contributed by atoms with E-state index in [4.69, 9.17) is 11.6 Å². The van der Waals surface area contributed by atoms with Crippen LogP contribution in [-0.4, -0.2) is 19.3 Å². The van der Waals surface area contributed by atoms with Crippen LogP contribution in [0.3, 0.4) is 0 Å². The van der Waals surface area contributed by atoms with Gasteiger partial charge in [-0.15, -0.1) is 11.3 Å². The molecule has 6 nitrogen and oxygen atoms in total. The van der Waals surface area contributed by atoms with Gasteiger partial charge in [-0.25, -0.2) is 13.4 Å². The van der Waals surface area contributed by atoms with Gasteiger partial charge in [0.1, 0.15) is 0 Å². The highest BCUT2D eigenvalue weighted by molar-refractivity contribution is 7.93. The molecule has 138 valence electrons. The second-order valence-electron chi connectivity index (χ2n) is 5.31. The zero-order valence-corrected chi connectivity index (χ0v) is 16.2. The topological polar surface area (TPSA) is 88.2 Å². The zero-order chi connectivity index (χ0) is 19.3. The van der Waals surface area contributed by atoms with Crippen LogP contribution in [0.4, 0.5) is 10.8 Å². The minimum absolute atomic E-state index is 0.0716. The molecular formula is C18H14ClN3O3S2. The van der Waals surface area contributed by atoms with E-state index in [1.807, 2.05) is 6.07 Å². The molecule has 2 N–H and O–H groups in total. The first-order valence-corrected chi connectivity index (χ1v) is 10.4. The molecule has 0 unspecified atom stereocenters. The van der Waals surface area contributed by atoms with E-state index in [2.05, 4.69) is 15.0 Å². The van der Waals surface area contributed by atoms with E-state index in [-0.39, 0.29) is 15.9 Å². The van der Waals surface area contributed by atoms with Crippen molar-refractivity contribution in [2.24, 2.45) is 0 Å². The molecule has 9 heteroatoms. The van der Waals surface area contributed by atoms with Gasteiger partial charge in [-0.3, -0.25) is 9.52 Å². The maximum Gasteiger partial charge on any atom is 0.263 e. The largest absolute Gasteiger partial charge is 0.323 e. The molecule has 0 atom stereocenters. The molecule has 0 aliphatic carbocycles. The monoisotopic (exact) mass is 419 g/mol. The summed E-state index contributed by atoms with van der Waals surface area (Å²) in [5, 5.41) is 5.17. The van der Waals surface area contributed by atoms with Gasteiger partial charge < -0.3 is 5.32 Å². The van der Waals surface area contributed by atoms with Crippen LogP contribution in [0, 0.1) is 0 Å². The third kappa shape index (κ3) is 5.16. The summed E-state index contributed by atoms with van der Waals surface area (Å²) in [7, 11) is -3.72. The second-order valence-corrected chi connectivity index (χ2v) is 8.30. The number of hydrogen-bond acceptors (Lipinski definition) is 5. The predicted molar refractivity (Wildman–Crippen MR) is 108 cm³/mol. The maximum atomic E-state index is 12.3. The Labute approximate surface area is 165 Å². The fraction of sp³-hybridized carbons (Fsp3) is 0. The molecule has 0 spiro atoms. The molecule has 0 saturated carbocycles. The van der Waals surface area contributed by atoms with Crippen molar-refractivity contribution in [2.75, 3.05) is 10.0 Å². The lowest BCUT2D eigenvalue weighted by Gasteiger charge is -2.07. The summed E-state index contributed by atoms with van der Waals surface area (Å²) in [4.78, 5) is 16.0. The Kier molecular flexibility index (Phi) is 5.90. The van der Waals surface area contributed by atoms with Crippen molar-refractivity contribution in [3.63, 3.8) is 0 Å². The molecule has 0 aliphatic heterocycles. The summed E-state index contributed by atoms with van der Waals surface area (Å²) >= 11 is 7.21. The van der Waals surface area contributed by atoms with E-state index >= 15 is 0 Å². The van der Waals surface area contributed by atoms with E-state index in [1.165, 1.54) is 47.9 Å². The van der Waals surface area contributed by atoms with E-state index in [0.29, 0.717) is 10.7 Å². The summed E-state index contributed by atoms with van der Waals surface area (Å²) in [5.41, 5.74) is 1.20. The molecular weight excluding hydrogens is 406 g/mol. The Morgan fingerprint density at radius 2 is 1.85 bits per heavy atom. The normalized spacial score (nSPS) is 11.4. The number of hydrogen-bond donors (Lipinski definition) is 2. The summed E-state index contributed by atoms with van der Waals surface area (Å²) in [5.74, 6) is -0.355. The van der Waals surface area contributed by atoms with Crippen molar-refractivity contribution < 1.29 is 13.2 Å². The Bertz CT molecular complexity index is 1060. The molecule has 0 aliphatic rings. The maximum absolute atomic E-state index is 12.3. The molecule has 3 rings (SSSR count). The van der Waals surface area contributed by atoms with Crippen LogP contribution < -0.4 is 10.0 Å². The van der Waals surface area contributed by atoms with Gasteiger partial charge in [-0.1, -0.05) is 29.8 Å². The molecule has 1 heterocycles. The third-order valence-electron chi connectivity index (χ3n) is 3.41. The van der Waals surface area contributed by atoms with Gasteiger partial charge in [-0.2, -0.15) is 0 Å². The lowest BCUT2D eigenvalue weighted by atomic mass is 10.2. The number of amides is 1. The molecule has 0 fully saturated rings. The Morgan fingerprint density at radius 1 is 1.11 bits per heavy atom.